The Hall–Kier alpha value is -2.01. The predicted molar refractivity (Wildman–Crippen MR) is 89.1 cm³/mol. The molecular formula is C17H20ClN3O2. The molecule has 1 atom stereocenters. The summed E-state index contributed by atoms with van der Waals surface area (Å²) in [6, 6.07) is 5.36. The van der Waals surface area contributed by atoms with Gasteiger partial charge in [0.1, 0.15) is 12.4 Å². The number of hydrogen-bond donors (Lipinski definition) is 1. The summed E-state index contributed by atoms with van der Waals surface area (Å²) in [6.07, 6.45) is 1.75. The number of amides is 1. The summed E-state index contributed by atoms with van der Waals surface area (Å²) >= 11 is 6.13. The topological polar surface area (TPSA) is 56.2 Å². The Morgan fingerprint density at radius 3 is 2.87 bits per heavy atom. The van der Waals surface area contributed by atoms with Crippen LogP contribution in [-0.4, -0.2) is 22.3 Å². The van der Waals surface area contributed by atoms with Crippen molar-refractivity contribution in [3.63, 3.8) is 0 Å². The fourth-order valence-corrected chi connectivity index (χ4v) is 3.01. The van der Waals surface area contributed by atoms with Gasteiger partial charge < -0.3 is 10.1 Å². The summed E-state index contributed by atoms with van der Waals surface area (Å²) in [6.45, 7) is 6.51. The average Bonchev–Trinajstić information content (AvgIpc) is 3.04. The van der Waals surface area contributed by atoms with Crippen LogP contribution in [0, 0.1) is 0 Å². The van der Waals surface area contributed by atoms with Crippen molar-refractivity contribution >= 4 is 17.5 Å². The number of ether oxygens (including phenoxy) is 1. The number of nitrogens with one attached hydrogen (secondary N) is 1. The molecule has 5 nitrogen and oxygen atoms in total. The third-order valence-electron chi connectivity index (χ3n) is 3.86. The van der Waals surface area contributed by atoms with Crippen LogP contribution in [0.2, 0.25) is 5.02 Å². The first-order valence-electron chi connectivity index (χ1n) is 7.53. The molecule has 3 rings (SSSR count). The Kier molecular flexibility index (Phi) is 3.84. The van der Waals surface area contributed by atoms with Gasteiger partial charge in [-0.25, -0.2) is 0 Å². The van der Waals surface area contributed by atoms with Gasteiger partial charge >= 0.3 is 0 Å². The normalized spacial score (nSPS) is 16.8. The molecule has 2 heterocycles. The Bertz CT molecular complexity index is 762. The summed E-state index contributed by atoms with van der Waals surface area (Å²) in [7, 11) is 1.82. The fourth-order valence-electron chi connectivity index (χ4n) is 2.77. The number of halogens is 1. The predicted octanol–water partition coefficient (Wildman–Crippen LogP) is 3.23. The zero-order valence-corrected chi connectivity index (χ0v) is 14.4. The maximum absolute atomic E-state index is 12.7. The molecule has 1 aliphatic rings. The Morgan fingerprint density at radius 2 is 2.17 bits per heavy atom. The summed E-state index contributed by atoms with van der Waals surface area (Å²) in [4.78, 5) is 12.7. The number of carbonyl (C=O) groups is 1. The van der Waals surface area contributed by atoms with Gasteiger partial charge in [-0.15, -0.1) is 0 Å². The second-order valence-corrected chi connectivity index (χ2v) is 7.22. The average molecular weight is 334 g/mol. The highest BCUT2D eigenvalue weighted by molar-refractivity contribution is 6.32. The van der Waals surface area contributed by atoms with Gasteiger partial charge in [0.15, 0.2) is 0 Å². The molecule has 1 aromatic carbocycles. The number of aryl methyl sites for hydroxylation is 1. The number of nitrogens with zero attached hydrogens (tertiary/aromatic N) is 2. The number of para-hydroxylation sites is 1. The van der Waals surface area contributed by atoms with Crippen LogP contribution in [0.25, 0.3) is 0 Å². The van der Waals surface area contributed by atoms with E-state index in [1.54, 1.807) is 16.9 Å². The van der Waals surface area contributed by atoms with Gasteiger partial charge in [-0.05, 0) is 6.07 Å². The van der Waals surface area contributed by atoms with E-state index in [0.717, 1.165) is 11.3 Å². The van der Waals surface area contributed by atoms with Crippen molar-refractivity contribution in [1.82, 2.24) is 15.1 Å². The van der Waals surface area contributed by atoms with Crippen molar-refractivity contribution in [2.45, 2.75) is 32.2 Å². The number of fused-ring (bicyclic) bond motifs is 1. The van der Waals surface area contributed by atoms with Crippen LogP contribution in [0.4, 0.5) is 0 Å². The van der Waals surface area contributed by atoms with Crippen molar-refractivity contribution in [3.8, 4) is 5.75 Å². The zero-order chi connectivity index (χ0) is 16.8. The second kappa shape index (κ2) is 5.57. The maximum atomic E-state index is 12.7. The lowest BCUT2D eigenvalue weighted by Crippen LogP contribution is -2.31. The first kappa shape index (κ1) is 15.9. The Labute approximate surface area is 140 Å². The molecule has 0 fully saturated rings. The molecule has 1 amide bonds. The van der Waals surface area contributed by atoms with Crippen LogP contribution < -0.4 is 10.1 Å². The van der Waals surface area contributed by atoms with Crippen LogP contribution in [0.3, 0.4) is 0 Å². The lowest BCUT2D eigenvalue weighted by Gasteiger charge is -2.18. The molecule has 0 aliphatic carbocycles. The Morgan fingerprint density at radius 1 is 1.43 bits per heavy atom. The molecule has 6 heteroatoms. The van der Waals surface area contributed by atoms with Crippen LogP contribution in [0.15, 0.2) is 24.4 Å². The SMILES string of the molecule is Cn1cc(C(=O)NC2COc3c(Cl)cccc32)c(C(C)(C)C)n1. The summed E-state index contributed by atoms with van der Waals surface area (Å²) < 4.78 is 7.29. The van der Waals surface area contributed by atoms with Crippen LogP contribution >= 0.6 is 11.6 Å². The molecule has 1 aliphatic heterocycles. The van der Waals surface area contributed by atoms with E-state index < -0.39 is 0 Å². The number of carbonyl (C=O) groups excluding carboxylic acids is 1. The van der Waals surface area contributed by atoms with Crippen molar-refractivity contribution in [2.24, 2.45) is 7.05 Å². The zero-order valence-electron chi connectivity index (χ0n) is 13.7. The second-order valence-electron chi connectivity index (χ2n) is 6.81. The highest BCUT2D eigenvalue weighted by Gasteiger charge is 2.31. The highest BCUT2D eigenvalue weighted by atomic mass is 35.5. The monoisotopic (exact) mass is 333 g/mol. The first-order valence-corrected chi connectivity index (χ1v) is 7.91. The molecule has 23 heavy (non-hydrogen) atoms. The fraction of sp³-hybridized carbons (Fsp3) is 0.412. The lowest BCUT2D eigenvalue weighted by atomic mass is 9.89. The molecule has 0 saturated carbocycles. The maximum Gasteiger partial charge on any atom is 0.255 e. The minimum atomic E-state index is -0.207. The van der Waals surface area contributed by atoms with E-state index in [4.69, 9.17) is 16.3 Å². The first-order chi connectivity index (χ1) is 10.8. The molecule has 1 N–H and O–H groups in total. The minimum absolute atomic E-state index is 0.149. The number of aromatic nitrogens is 2. The van der Waals surface area contributed by atoms with Crippen LogP contribution in [0.1, 0.15) is 48.4 Å². The summed E-state index contributed by atoms with van der Waals surface area (Å²) in [5.74, 6) is 0.506. The molecular weight excluding hydrogens is 314 g/mol. The van der Waals surface area contributed by atoms with Gasteiger partial charge in [0.2, 0.25) is 0 Å². The van der Waals surface area contributed by atoms with Crippen molar-refractivity contribution < 1.29 is 9.53 Å². The van der Waals surface area contributed by atoms with Crippen molar-refractivity contribution in [2.75, 3.05) is 6.61 Å². The molecule has 1 unspecified atom stereocenters. The van der Waals surface area contributed by atoms with Gasteiger partial charge in [-0.3, -0.25) is 9.48 Å². The molecule has 0 saturated heterocycles. The van der Waals surface area contributed by atoms with Gasteiger partial charge in [0.05, 0.1) is 22.3 Å². The van der Waals surface area contributed by atoms with Gasteiger partial charge in [0, 0.05) is 24.2 Å². The molecule has 122 valence electrons. The number of benzene rings is 1. The molecule has 0 radical (unpaired) electrons. The van der Waals surface area contributed by atoms with Gasteiger partial charge in [-0.1, -0.05) is 44.5 Å². The summed E-state index contributed by atoms with van der Waals surface area (Å²) in [5, 5.41) is 8.03. The van der Waals surface area contributed by atoms with E-state index in [9.17, 15) is 4.79 Å². The molecule has 2 aromatic rings. The number of hydrogen-bond acceptors (Lipinski definition) is 3. The quantitative estimate of drug-likeness (QED) is 0.918. The van der Waals surface area contributed by atoms with E-state index in [0.29, 0.717) is 22.9 Å². The smallest absolute Gasteiger partial charge is 0.255 e. The molecule has 1 aromatic heterocycles. The lowest BCUT2D eigenvalue weighted by molar-refractivity contribution is 0.0928. The van der Waals surface area contributed by atoms with E-state index >= 15 is 0 Å². The van der Waals surface area contributed by atoms with Crippen LogP contribution in [-0.2, 0) is 12.5 Å². The summed E-state index contributed by atoms with van der Waals surface area (Å²) in [5.41, 5.74) is 2.08. The van der Waals surface area contributed by atoms with E-state index in [-0.39, 0.29) is 17.4 Å². The van der Waals surface area contributed by atoms with Crippen molar-refractivity contribution in [3.05, 3.63) is 46.2 Å². The standard InChI is InChI=1S/C17H20ClN3O2/c1-17(2,3)15-11(8-21(4)20-15)16(22)19-13-9-23-14-10(13)6-5-7-12(14)18/h5-8,13H,9H2,1-4H3,(H,19,22). The minimum Gasteiger partial charge on any atom is -0.489 e. The van der Waals surface area contributed by atoms with E-state index in [1.807, 2.05) is 40.0 Å². The van der Waals surface area contributed by atoms with Crippen molar-refractivity contribution in [1.29, 1.82) is 0 Å². The van der Waals surface area contributed by atoms with Gasteiger partial charge in [0.25, 0.3) is 5.91 Å². The van der Waals surface area contributed by atoms with Gasteiger partial charge in [-0.2, -0.15) is 5.10 Å². The van der Waals surface area contributed by atoms with E-state index in [1.165, 1.54) is 0 Å². The third-order valence-corrected chi connectivity index (χ3v) is 4.15. The third kappa shape index (κ3) is 2.93. The largest absolute Gasteiger partial charge is 0.489 e. The van der Waals surface area contributed by atoms with Crippen LogP contribution in [0.5, 0.6) is 5.75 Å². The highest BCUT2D eigenvalue weighted by Crippen LogP contribution is 2.38. The number of rotatable bonds is 2. The van der Waals surface area contributed by atoms with E-state index in [2.05, 4.69) is 10.4 Å². The molecule has 0 bridgehead atoms. The molecule has 0 spiro atoms. The Balaban J connectivity index is 1.87.